The standard InChI is InChI=1S/C66H54N4/c1-65(2)51-24-13-10-21-44(51)46-32-29-40(35-53(46)65)62-63(41-30-33-47-45-22-11-14-25-52(45)66(3,4)54(47)36-41)68-64-55(67-62)26-16-28-58(64)70-56-27-15-12-23-48(56)49-37-50-60(38-59(49)70)69(42-18-6-5-7-19-42)57-34-31-39-17-8-9-20-43(39)61(50)57/h5-14,16-26,28-31,33-38,46,62-63,67-68H,15,27,32H2,1-4H3. The van der Waals surface area contributed by atoms with Crippen molar-refractivity contribution >= 4 is 60.9 Å². The first-order chi connectivity index (χ1) is 34.2. The summed E-state index contributed by atoms with van der Waals surface area (Å²) in [6.07, 6.45) is 12.9. The lowest BCUT2D eigenvalue weighted by atomic mass is 9.75. The highest BCUT2D eigenvalue weighted by Crippen LogP contribution is 2.56. The van der Waals surface area contributed by atoms with E-state index in [1.165, 1.54) is 116 Å². The van der Waals surface area contributed by atoms with Gasteiger partial charge < -0.3 is 19.8 Å². The lowest BCUT2D eigenvalue weighted by molar-refractivity contribution is 0.599. The summed E-state index contributed by atoms with van der Waals surface area (Å²) in [7, 11) is 0. The molecule has 10 aromatic rings. The van der Waals surface area contributed by atoms with Crippen LogP contribution >= 0.6 is 0 Å². The van der Waals surface area contributed by atoms with Crippen molar-refractivity contribution in [3.8, 4) is 22.5 Å². The van der Waals surface area contributed by atoms with Gasteiger partial charge in [-0.05, 0) is 117 Å². The van der Waals surface area contributed by atoms with Crippen molar-refractivity contribution in [3.05, 3.63) is 232 Å². The molecule has 15 rings (SSSR count). The maximum Gasteiger partial charge on any atom is 0.0826 e. The van der Waals surface area contributed by atoms with Crippen LogP contribution in [0.4, 0.5) is 11.4 Å². The highest BCUT2D eigenvalue weighted by molar-refractivity contribution is 6.23. The first-order valence-electron chi connectivity index (χ1n) is 25.4. The topological polar surface area (TPSA) is 33.9 Å². The van der Waals surface area contributed by atoms with Crippen molar-refractivity contribution in [1.29, 1.82) is 0 Å². The van der Waals surface area contributed by atoms with Gasteiger partial charge in [0.05, 0.1) is 45.7 Å². The van der Waals surface area contributed by atoms with Crippen molar-refractivity contribution in [1.82, 2.24) is 9.13 Å². The molecule has 4 nitrogen and oxygen atoms in total. The molecule has 8 aromatic carbocycles. The van der Waals surface area contributed by atoms with E-state index in [9.17, 15) is 0 Å². The van der Waals surface area contributed by atoms with Gasteiger partial charge in [-0.1, -0.05) is 179 Å². The Morgan fingerprint density at radius 1 is 0.571 bits per heavy atom. The smallest absolute Gasteiger partial charge is 0.0826 e. The Balaban J connectivity index is 0.944. The molecule has 0 spiro atoms. The summed E-state index contributed by atoms with van der Waals surface area (Å²) in [4.78, 5) is 0. The van der Waals surface area contributed by atoms with Gasteiger partial charge in [-0.15, -0.1) is 0 Å². The van der Waals surface area contributed by atoms with E-state index in [0.29, 0.717) is 5.92 Å². The molecule has 5 aliphatic rings. The number of rotatable bonds is 4. The Hall–Kier alpha value is -7.82. The number of fused-ring (bicyclic) bond motifs is 15. The van der Waals surface area contributed by atoms with Gasteiger partial charge in [0.15, 0.2) is 0 Å². The minimum Gasteiger partial charge on any atom is -0.374 e. The lowest BCUT2D eigenvalue weighted by Gasteiger charge is -2.40. The molecule has 0 amide bonds. The Morgan fingerprint density at radius 2 is 1.36 bits per heavy atom. The SMILES string of the molecule is CC1(C)C2=CC(C3Nc4cccc(-n5c6c(c7cc8c9c%10ccccc%10ccc9n(-c9ccccc9)c8cc75)C=CCC6)c4NC3c3ccc4c(c3)C(C)(C)c3ccccc3-4)=CCC2c2ccccc21. The summed E-state index contributed by atoms with van der Waals surface area (Å²) in [5.74, 6) is 0.413. The Bertz CT molecular complexity index is 4000. The van der Waals surface area contributed by atoms with E-state index >= 15 is 0 Å². The van der Waals surface area contributed by atoms with Gasteiger partial charge >= 0.3 is 0 Å². The van der Waals surface area contributed by atoms with E-state index in [0.717, 1.165) is 30.6 Å². The Morgan fingerprint density at radius 3 is 2.26 bits per heavy atom. The largest absolute Gasteiger partial charge is 0.374 e. The number of para-hydroxylation sites is 2. The molecule has 2 aromatic heterocycles. The molecule has 4 aliphatic carbocycles. The van der Waals surface area contributed by atoms with Crippen LogP contribution in [0.1, 0.15) is 91.6 Å². The van der Waals surface area contributed by atoms with Crippen molar-refractivity contribution in [3.63, 3.8) is 0 Å². The van der Waals surface area contributed by atoms with Gasteiger partial charge in [0, 0.05) is 49.9 Å². The van der Waals surface area contributed by atoms with Crippen molar-refractivity contribution in [2.24, 2.45) is 0 Å². The summed E-state index contributed by atoms with van der Waals surface area (Å²) >= 11 is 0. The molecule has 0 radical (unpaired) electrons. The first kappa shape index (κ1) is 40.1. The maximum atomic E-state index is 4.37. The highest BCUT2D eigenvalue weighted by Gasteiger charge is 2.44. The second-order valence-corrected chi connectivity index (χ2v) is 21.6. The maximum absolute atomic E-state index is 4.37. The van der Waals surface area contributed by atoms with E-state index in [1.54, 1.807) is 0 Å². The molecule has 1 aliphatic heterocycles. The van der Waals surface area contributed by atoms with Gasteiger partial charge in [-0.2, -0.15) is 0 Å². The van der Waals surface area contributed by atoms with Crippen LogP contribution in [-0.2, 0) is 17.3 Å². The molecule has 0 saturated heterocycles. The van der Waals surface area contributed by atoms with Crippen LogP contribution in [0.5, 0.6) is 0 Å². The molecular formula is C66H54N4. The molecule has 3 unspecified atom stereocenters. The lowest BCUT2D eigenvalue weighted by Crippen LogP contribution is -2.39. The zero-order chi connectivity index (χ0) is 46.6. The second kappa shape index (κ2) is 14.4. The number of aromatic nitrogens is 2. The molecule has 3 atom stereocenters. The van der Waals surface area contributed by atoms with Gasteiger partial charge in [0.2, 0.25) is 0 Å². The molecule has 3 heterocycles. The quantitative estimate of drug-likeness (QED) is 0.185. The summed E-state index contributed by atoms with van der Waals surface area (Å²) in [6.45, 7) is 9.66. The van der Waals surface area contributed by atoms with Crippen LogP contribution in [0.2, 0.25) is 0 Å². The number of nitrogens with zero attached hydrogens (tertiary/aromatic N) is 2. The van der Waals surface area contributed by atoms with Crippen LogP contribution in [0.3, 0.4) is 0 Å². The third kappa shape index (κ3) is 5.42. The highest BCUT2D eigenvalue weighted by atomic mass is 15.1. The van der Waals surface area contributed by atoms with Gasteiger partial charge in [-0.3, -0.25) is 0 Å². The predicted molar refractivity (Wildman–Crippen MR) is 293 cm³/mol. The van der Waals surface area contributed by atoms with Gasteiger partial charge in [0.1, 0.15) is 0 Å². The van der Waals surface area contributed by atoms with E-state index in [2.05, 4.69) is 236 Å². The summed E-state index contributed by atoms with van der Waals surface area (Å²) in [6, 6.07) is 61.7. The first-order valence-corrected chi connectivity index (χ1v) is 25.4. The zero-order valence-electron chi connectivity index (χ0n) is 40.1. The third-order valence-corrected chi connectivity index (χ3v) is 17.3. The fourth-order valence-electron chi connectivity index (χ4n) is 14.0. The van der Waals surface area contributed by atoms with Crippen LogP contribution in [0.25, 0.3) is 72.1 Å². The second-order valence-electron chi connectivity index (χ2n) is 21.6. The monoisotopic (exact) mass is 902 g/mol. The summed E-state index contributed by atoms with van der Waals surface area (Å²) in [5, 5.41) is 15.1. The van der Waals surface area contributed by atoms with Crippen LogP contribution in [0, 0.1) is 0 Å². The van der Waals surface area contributed by atoms with E-state index < -0.39 is 0 Å². The van der Waals surface area contributed by atoms with Crippen molar-refractivity contribution in [2.75, 3.05) is 10.6 Å². The van der Waals surface area contributed by atoms with Gasteiger partial charge in [-0.25, -0.2) is 0 Å². The van der Waals surface area contributed by atoms with Gasteiger partial charge in [0.25, 0.3) is 0 Å². The minimum absolute atomic E-state index is 0.00469. The molecule has 0 fully saturated rings. The normalized spacial score (nSPS) is 20.0. The fourth-order valence-corrected chi connectivity index (χ4v) is 14.0. The van der Waals surface area contributed by atoms with E-state index in [1.807, 2.05) is 0 Å². The number of anilines is 2. The van der Waals surface area contributed by atoms with Crippen LogP contribution in [-0.4, -0.2) is 15.2 Å². The Labute approximate surface area is 409 Å². The average molecular weight is 903 g/mol. The van der Waals surface area contributed by atoms with Crippen LogP contribution in [0.15, 0.2) is 193 Å². The third-order valence-electron chi connectivity index (χ3n) is 17.3. The zero-order valence-corrected chi connectivity index (χ0v) is 40.1. The molecule has 70 heavy (non-hydrogen) atoms. The summed E-state index contributed by atoms with van der Waals surface area (Å²) < 4.78 is 5.09. The van der Waals surface area contributed by atoms with Crippen molar-refractivity contribution in [2.45, 2.75) is 75.8 Å². The fraction of sp³-hybridized carbons (Fsp3) is 0.182. The number of hydrogen-bond donors (Lipinski definition) is 2. The van der Waals surface area contributed by atoms with E-state index in [4.69, 9.17) is 0 Å². The number of nitrogens with one attached hydrogen (secondary N) is 2. The molecule has 4 heteroatoms. The molecule has 0 saturated carbocycles. The molecule has 338 valence electrons. The molecule has 2 N–H and O–H groups in total. The number of allylic oxidation sites excluding steroid dienone is 3. The predicted octanol–water partition coefficient (Wildman–Crippen LogP) is 16.4. The number of benzene rings is 8. The van der Waals surface area contributed by atoms with Crippen LogP contribution < -0.4 is 10.6 Å². The molecule has 0 bridgehead atoms. The minimum atomic E-state index is -0.113. The number of hydrogen-bond acceptors (Lipinski definition) is 2. The summed E-state index contributed by atoms with van der Waals surface area (Å²) in [5.41, 5.74) is 23.5. The Kier molecular flexibility index (Phi) is 8.23. The van der Waals surface area contributed by atoms with Crippen molar-refractivity contribution < 1.29 is 0 Å². The van der Waals surface area contributed by atoms with E-state index in [-0.39, 0.29) is 22.9 Å². The molecular weight excluding hydrogens is 849 g/mol. The average Bonchev–Trinajstić information content (AvgIpc) is 4.05.